The number of para-hydroxylation sites is 1. The highest BCUT2D eigenvalue weighted by Crippen LogP contribution is 2.54. The Kier molecular flexibility index (Phi) is 6.30. The van der Waals surface area contributed by atoms with Crippen LogP contribution in [-0.2, 0) is 16.2 Å². The fraction of sp³-hybridized carbons (Fsp3) is 0.179. The van der Waals surface area contributed by atoms with Crippen LogP contribution in [0.1, 0.15) is 27.5 Å². The van der Waals surface area contributed by atoms with E-state index < -0.39 is 17.1 Å². The number of nitrogens with one attached hydrogen (secondary N) is 1. The minimum atomic E-state index is -0.663. The van der Waals surface area contributed by atoms with Crippen molar-refractivity contribution in [3.8, 4) is 5.75 Å². The first-order valence-electron chi connectivity index (χ1n) is 11.7. The third-order valence-corrected chi connectivity index (χ3v) is 9.57. The molecule has 3 heterocycles. The SMILES string of the molecule is Cc1cccc(COc2ccccc2[C@@H]2c3sc(=O)[nH]c3S[C@H]3C(=O)N(c4ccc(Br)cc4)C(=O)[C@@H]23)c1. The lowest BCUT2D eigenvalue weighted by molar-refractivity contribution is -0.122. The van der Waals surface area contributed by atoms with Crippen molar-refractivity contribution in [2.45, 2.75) is 29.7 Å². The molecule has 6 nitrogen and oxygen atoms in total. The Bertz CT molecular complexity index is 1580. The van der Waals surface area contributed by atoms with Crippen molar-refractivity contribution < 1.29 is 14.3 Å². The molecule has 4 aromatic rings. The number of aryl methyl sites for hydroxylation is 1. The van der Waals surface area contributed by atoms with Gasteiger partial charge in [-0.15, -0.1) is 0 Å². The molecule has 2 aliphatic rings. The van der Waals surface area contributed by atoms with E-state index in [2.05, 4.69) is 27.0 Å². The van der Waals surface area contributed by atoms with E-state index in [1.54, 1.807) is 12.1 Å². The quantitative estimate of drug-likeness (QED) is 0.293. The van der Waals surface area contributed by atoms with Gasteiger partial charge in [-0.2, -0.15) is 0 Å². The van der Waals surface area contributed by atoms with Crippen LogP contribution in [0.4, 0.5) is 5.69 Å². The summed E-state index contributed by atoms with van der Waals surface area (Å²) in [5.41, 5.74) is 3.51. The van der Waals surface area contributed by atoms with Crippen molar-refractivity contribution in [3.63, 3.8) is 0 Å². The summed E-state index contributed by atoms with van der Waals surface area (Å²) in [6.07, 6.45) is 0. The standard InChI is InChI=1S/C28H21BrN2O4S2/c1-15-5-4-6-16(13-15)14-35-20-8-3-2-7-19(20)21-22-24(36-25-23(21)37-28(34)30-25)27(33)31(26(22)32)18-11-9-17(29)10-12-18/h2-13,21-22,24H,14H2,1H3,(H,30,34)/t21-,22-,24+/m0/s1. The van der Waals surface area contributed by atoms with Crippen molar-refractivity contribution in [2.75, 3.05) is 4.90 Å². The number of fused-ring (bicyclic) bond motifs is 2. The van der Waals surface area contributed by atoms with E-state index in [1.807, 2.05) is 61.5 Å². The molecule has 9 heteroatoms. The molecule has 0 unspecified atom stereocenters. The van der Waals surface area contributed by atoms with Gasteiger partial charge in [0.2, 0.25) is 11.8 Å². The molecule has 1 saturated heterocycles. The van der Waals surface area contributed by atoms with E-state index in [-0.39, 0.29) is 16.7 Å². The van der Waals surface area contributed by atoms with Crippen LogP contribution in [0, 0.1) is 12.8 Å². The second-order valence-corrected chi connectivity index (χ2v) is 12.1. The molecule has 1 aromatic heterocycles. The molecule has 2 amide bonds. The number of thiazole rings is 1. The summed E-state index contributed by atoms with van der Waals surface area (Å²) in [6.45, 7) is 2.40. The van der Waals surface area contributed by atoms with Gasteiger partial charge >= 0.3 is 4.87 Å². The number of halogens is 1. The lowest BCUT2D eigenvalue weighted by Crippen LogP contribution is -2.32. The number of anilines is 1. The van der Waals surface area contributed by atoms with Gasteiger partial charge in [0.05, 0.1) is 16.6 Å². The highest BCUT2D eigenvalue weighted by Gasteiger charge is 2.56. The number of carbonyl (C=O) groups is 2. The molecule has 0 spiro atoms. The number of aromatic amines is 1. The van der Waals surface area contributed by atoms with Gasteiger partial charge in [-0.3, -0.25) is 14.4 Å². The number of hydrogen-bond donors (Lipinski definition) is 1. The van der Waals surface area contributed by atoms with Crippen molar-refractivity contribution >= 4 is 56.5 Å². The molecule has 1 N–H and O–H groups in total. The molecule has 3 aromatic carbocycles. The lowest BCUT2D eigenvalue weighted by Gasteiger charge is -2.30. The van der Waals surface area contributed by atoms with E-state index >= 15 is 0 Å². The largest absolute Gasteiger partial charge is 0.489 e. The van der Waals surface area contributed by atoms with Crippen molar-refractivity contribution in [1.82, 2.24) is 4.98 Å². The van der Waals surface area contributed by atoms with Crippen molar-refractivity contribution in [3.05, 3.63) is 109 Å². The Balaban J connectivity index is 1.42. The second-order valence-electron chi connectivity index (χ2n) is 9.05. The smallest absolute Gasteiger partial charge is 0.305 e. The van der Waals surface area contributed by atoms with Gasteiger partial charge in [0.1, 0.15) is 17.6 Å². The summed E-state index contributed by atoms with van der Waals surface area (Å²) in [7, 11) is 0. The summed E-state index contributed by atoms with van der Waals surface area (Å²) in [5, 5.41) is -0.00253. The number of nitrogens with zero attached hydrogens (tertiary/aromatic N) is 1. The fourth-order valence-electron chi connectivity index (χ4n) is 5.03. The molecule has 1 fully saturated rings. The zero-order valence-corrected chi connectivity index (χ0v) is 22.9. The Morgan fingerprint density at radius 3 is 2.54 bits per heavy atom. The van der Waals surface area contributed by atoms with E-state index in [0.717, 1.165) is 37.4 Å². The first-order valence-corrected chi connectivity index (χ1v) is 14.2. The topological polar surface area (TPSA) is 79.5 Å². The monoisotopic (exact) mass is 592 g/mol. The third kappa shape index (κ3) is 4.35. The molecular weight excluding hydrogens is 572 g/mol. The number of ether oxygens (including phenoxy) is 1. The van der Waals surface area contributed by atoms with Crippen LogP contribution in [0.5, 0.6) is 5.75 Å². The minimum absolute atomic E-state index is 0.203. The van der Waals surface area contributed by atoms with Crippen LogP contribution in [0.3, 0.4) is 0 Å². The van der Waals surface area contributed by atoms with Crippen LogP contribution in [0.25, 0.3) is 0 Å². The fourth-order valence-corrected chi connectivity index (χ4v) is 7.80. The Labute approximate surface area is 229 Å². The molecule has 0 saturated carbocycles. The molecule has 0 radical (unpaired) electrons. The Hall–Kier alpha value is -3.14. The first-order chi connectivity index (χ1) is 17.9. The molecule has 3 atom stereocenters. The molecule has 186 valence electrons. The normalized spacial score (nSPS) is 20.6. The maximum atomic E-state index is 13.9. The molecule has 0 bridgehead atoms. The summed E-state index contributed by atoms with van der Waals surface area (Å²) in [4.78, 5) is 44.7. The van der Waals surface area contributed by atoms with E-state index in [1.165, 1.54) is 16.7 Å². The van der Waals surface area contributed by atoms with Crippen molar-refractivity contribution in [2.24, 2.45) is 5.92 Å². The number of carbonyl (C=O) groups excluding carboxylic acids is 2. The number of amides is 2. The van der Waals surface area contributed by atoms with Gasteiger partial charge in [0.15, 0.2) is 0 Å². The summed E-state index contributed by atoms with van der Waals surface area (Å²) >= 11 is 5.78. The number of thioether (sulfide) groups is 1. The highest BCUT2D eigenvalue weighted by atomic mass is 79.9. The van der Waals surface area contributed by atoms with Crippen LogP contribution in [0.2, 0.25) is 0 Å². The zero-order valence-electron chi connectivity index (χ0n) is 19.6. The molecule has 37 heavy (non-hydrogen) atoms. The Morgan fingerprint density at radius 2 is 1.76 bits per heavy atom. The number of H-pyrrole nitrogens is 1. The van der Waals surface area contributed by atoms with E-state index in [0.29, 0.717) is 23.1 Å². The number of imide groups is 1. The third-order valence-electron chi connectivity index (χ3n) is 6.64. The van der Waals surface area contributed by atoms with E-state index in [4.69, 9.17) is 4.74 Å². The van der Waals surface area contributed by atoms with Gasteiger partial charge in [-0.25, -0.2) is 4.90 Å². The number of rotatable bonds is 5. The van der Waals surface area contributed by atoms with Gasteiger partial charge in [-0.05, 0) is 42.8 Å². The van der Waals surface area contributed by atoms with Crippen LogP contribution >= 0.6 is 39.0 Å². The average Bonchev–Trinajstić information content (AvgIpc) is 3.38. The Morgan fingerprint density at radius 1 is 0.973 bits per heavy atom. The minimum Gasteiger partial charge on any atom is -0.489 e. The number of aromatic nitrogens is 1. The van der Waals surface area contributed by atoms with Crippen LogP contribution < -0.4 is 14.5 Å². The molecule has 0 aliphatic carbocycles. The van der Waals surface area contributed by atoms with E-state index in [9.17, 15) is 14.4 Å². The highest BCUT2D eigenvalue weighted by molar-refractivity contribution is 9.10. The van der Waals surface area contributed by atoms with Gasteiger partial charge in [-0.1, -0.05) is 87.1 Å². The average molecular weight is 594 g/mol. The molecule has 2 aliphatic heterocycles. The summed E-state index contributed by atoms with van der Waals surface area (Å²) in [5.74, 6) is -1.06. The number of benzene rings is 3. The van der Waals surface area contributed by atoms with Gasteiger partial charge in [0.25, 0.3) is 0 Å². The summed E-state index contributed by atoms with van der Waals surface area (Å²) in [6, 6.07) is 22.8. The van der Waals surface area contributed by atoms with Gasteiger partial charge in [0, 0.05) is 20.8 Å². The first kappa shape index (κ1) is 24.2. The second kappa shape index (κ2) is 9.63. The van der Waals surface area contributed by atoms with Gasteiger partial charge < -0.3 is 9.72 Å². The zero-order chi connectivity index (χ0) is 25.7. The molecular formula is C28H21BrN2O4S2. The predicted octanol–water partition coefficient (Wildman–Crippen LogP) is 5.88. The van der Waals surface area contributed by atoms with Crippen LogP contribution in [0.15, 0.2) is 87.1 Å². The summed E-state index contributed by atoms with van der Waals surface area (Å²) < 4.78 is 7.14. The maximum Gasteiger partial charge on any atom is 0.305 e. The lowest BCUT2D eigenvalue weighted by atomic mass is 9.82. The molecule has 6 rings (SSSR count). The maximum absolute atomic E-state index is 13.9. The number of hydrogen-bond acceptors (Lipinski definition) is 6. The predicted molar refractivity (Wildman–Crippen MR) is 149 cm³/mol. The van der Waals surface area contributed by atoms with Crippen molar-refractivity contribution in [1.29, 1.82) is 0 Å². The van der Waals surface area contributed by atoms with Crippen LogP contribution in [-0.4, -0.2) is 22.0 Å².